The molecule has 112 valence electrons. The number of hydrogen-bond donors (Lipinski definition) is 3. The molecule has 0 unspecified atom stereocenters. The molecule has 0 radical (unpaired) electrons. The lowest BCUT2D eigenvalue weighted by molar-refractivity contribution is 0.0690. The first kappa shape index (κ1) is 16.3. The van der Waals surface area contributed by atoms with Crippen LogP contribution in [-0.4, -0.2) is 38.8 Å². The molecule has 0 bridgehead atoms. The molecule has 0 aliphatic carbocycles. The molecule has 0 fully saturated rings. The van der Waals surface area contributed by atoms with Crippen LogP contribution in [0.25, 0.3) is 0 Å². The van der Waals surface area contributed by atoms with Gasteiger partial charge in [0, 0.05) is 13.1 Å². The molecule has 0 atom stereocenters. The lowest BCUT2D eigenvalue weighted by atomic mass is 10.2. The van der Waals surface area contributed by atoms with Gasteiger partial charge in [-0.3, -0.25) is 0 Å². The topological polar surface area (TPSA) is 95.5 Å². The molecule has 0 spiro atoms. The molecule has 0 aromatic heterocycles. The van der Waals surface area contributed by atoms with Gasteiger partial charge in [0.2, 0.25) is 10.0 Å². The summed E-state index contributed by atoms with van der Waals surface area (Å²) in [6.07, 6.45) is 1.37. The third-order valence-corrected chi connectivity index (χ3v) is 3.07. The second-order valence-corrected chi connectivity index (χ2v) is 5.87. The number of nitrogens with one attached hydrogen (secondary N) is 2. The average molecular weight is 308 g/mol. The van der Waals surface area contributed by atoms with Crippen LogP contribution in [0.2, 0.25) is 0 Å². The molecule has 3 N–H and O–H groups in total. The van der Waals surface area contributed by atoms with E-state index in [-0.39, 0.29) is 18.8 Å². The quantitative estimate of drug-likeness (QED) is 0.654. The van der Waals surface area contributed by atoms with Gasteiger partial charge in [0.15, 0.2) is 11.6 Å². The van der Waals surface area contributed by atoms with Crippen molar-refractivity contribution in [3.05, 3.63) is 29.3 Å². The number of hydrogen-bond acceptors (Lipinski definition) is 4. The first-order valence-electron chi connectivity index (χ1n) is 5.62. The van der Waals surface area contributed by atoms with Gasteiger partial charge in [0.1, 0.15) is 0 Å². The Morgan fingerprint density at radius 2 is 1.90 bits per heavy atom. The van der Waals surface area contributed by atoms with Gasteiger partial charge in [-0.2, -0.15) is 0 Å². The van der Waals surface area contributed by atoms with Crippen molar-refractivity contribution in [3.63, 3.8) is 0 Å². The largest absolute Gasteiger partial charge is 0.478 e. The molecule has 0 saturated carbocycles. The van der Waals surface area contributed by atoms with Gasteiger partial charge in [-0.05, 0) is 18.6 Å². The summed E-state index contributed by atoms with van der Waals surface area (Å²) in [5.74, 6) is -4.26. The van der Waals surface area contributed by atoms with Crippen LogP contribution >= 0.6 is 0 Å². The summed E-state index contributed by atoms with van der Waals surface area (Å²) in [4.78, 5) is 10.6. The number of carboxylic acid groups (broad SMARTS) is 1. The maximum Gasteiger partial charge on any atom is 0.338 e. The summed E-state index contributed by atoms with van der Waals surface area (Å²) in [5.41, 5.74) is -0.918. The van der Waals surface area contributed by atoms with Crippen LogP contribution < -0.4 is 10.0 Å². The standard InChI is InChI=1S/C11H14F2N2O4S/c1-20(18,19)15-6-2-5-14-8-4-3-7(11(16)17)9(12)10(8)13/h3-4,14-15H,2,5-6H2,1H3,(H,16,17). The molecule has 1 aromatic carbocycles. The van der Waals surface area contributed by atoms with Crippen LogP contribution in [0.5, 0.6) is 0 Å². The van der Waals surface area contributed by atoms with E-state index in [0.717, 1.165) is 18.4 Å². The fourth-order valence-corrected chi connectivity index (χ4v) is 1.94. The molecular formula is C11H14F2N2O4S. The highest BCUT2D eigenvalue weighted by molar-refractivity contribution is 7.88. The Morgan fingerprint density at radius 3 is 2.45 bits per heavy atom. The number of aromatic carboxylic acids is 1. The fourth-order valence-electron chi connectivity index (χ4n) is 1.42. The Morgan fingerprint density at radius 1 is 1.25 bits per heavy atom. The van der Waals surface area contributed by atoms with Crippen LogP contribution in [0.15, 0.2) is 12.1 Å². The molecule has 0 amide bonds. The Hall–Kier alpha value is -1.74. The molecule has 0 saturated heterocycles. The number of halogens is 2. The summed E-state index contributed by atoms with van der Waals surface area (Å²) in [6.45, 7) is 0.356. The summed E-state index contributed by atoms with van der Waals surface area (Å²) < 4.78 is 50.6. The van der Waals surface area contributed by atoms with E-state index in [9.17, 15) is 22.0 Å². The normalized spacial score (nSPS) is 11.3. The number of carboxylic acids is 1. The molecule has 1 rings (SSSR count). The zero-order valence-corrected chi connectivity index (χ0v) is 11.4. The van der Waals surface area contributed by atoms with Gasteiger partial charge < -0.3 is 10.4 Å². The maximum atomic E-state index is 13.5. The minimum Gasteiger partial charge on any atom is -0.478 e. The number of benzene rings is 1. The van der Waals surface area contributed by atoms with Crippen LogP contribution in [0.1, 0.15) is 16.8 Å². The predicted molar refractivity (Wildman–Crippen MR) is 69.3 cm³/mol. The lowest BCUT2D eigenvalue weighted by Gasteiger charge is -2.09. The Labute approximate surface area is 114 Å². The van der Waals surface area contributed by atoms with E-state index in [1.54, 1.807) is 0 Å². The minimum atomic E-state index is -3.28. The Kier molecular flexibility index (Phi) is 5.40. The SMILES string of the molecule is CS(=O)(=O)NCCCNc1ccc(C(=O)O)c(F)c1F. The molecule has 0 aliphatic rings. The molecule has 20 heavy (non-hydrogen) atoms. The van der Waals surface area contributed by atoms with Gasteiger partial charge in [-0.1, -0.05) is 0 Å². The van der Waals surface area contributed by atoms with E-state index in [1.807, 2.05) is 0 Å². The fraction of sp³-hybridized carbons (Fsp3) is 0.364. The van der Waals surface area contributed by atoms with Gasteiger partial charge in [-0.15, -0.1) is 0 Å². The van der Waals surface area contributed by atoms with Crippen molar-refractivity contribution < 1.29 is 27.1 Å². The predicted octanol–water partition coefficient (Wildman–Crippen LogP) is 1.01. The van der Waals surface area contributed by atoms with Gasteiger partial charge in [-0.25, -0.2) is 26.7 Å². The monoisotopic (exact) mass is 308 g/mol. The summed E-state index contributed by atoms with van der Waals surface area (Å²) in [6, 6.07) is 2.07. The van der Waals surface area contributed by atoms with Crippen LogP contribution in [-0.2, 0) is 10.0 Å². The van der Waals surface area contributed by atoms with Gasteiger partial charge in [0.25, 0.3) is 0 Å². The molecule has 0 heterocycles. The molecule has 1 aromatic rings. The van der Waals surface area contributed by atoms with Gasteiger partial charge in [0.05, 0.1) is 17.5 Å². The number of carbonyl (C=O) groups is 1. The van der Waals surface area contributed by atoms with Crippen molar-refractivity contribution in [2.75, 3.05) is 24.7 Å². The Balaban J connectivity index is 2.57. The van der Waals surface area contributed by atoms with Crippen LogP contribution in [0.3, 0.4) is 0 Å². The number of sulfonamides is 1. The third-order valence-electron chi connectivity index (χ3n) is 2.35. The van der Waals surface area contributed by atoms with Gasteiger partial charge >= 0.3 is 5.97 Å². The summed E-state index contributed by atoms with van der Waals surface area (Å²) in [7, 11) is -3.28. The summed E-state index contributed by atoms with van der Waals surface area (Å²) >= 11 is 0. The molecule has 9 heteroatoms. The van der Waals surface area contributed by atoms with Crippen molar-refractivity contribution >= 4 is 21.7 Å². The zero-order chi connectivity index (χ0) is 15.3. The zero-order valence-electron chi connectivity index (χ0n) is 10.6. The highest BCUT2D eigenvalue weighted by Crippen LogP contribution is 2.20. The lowest BCUT2D eigenvalue weighted by Crippen LogP contribution is -2.24. The van der Waals surface area contributed by atoms with Crippen LogP contribution in [0.4, 0.5) is 14.5 Å². The smallest absolute Gasteiger partial charge is 0.338 e. The second kappa shape index (κ2) is 6.62. The first-order chi connectivity index (χ1) is 9.22. The minimum absolute atomic E-state index is 0.156. The molecule has 6 nitrogen and oxygen atoms in total. The molecule has 0 aliphatic heterocycles. The van der Waals surface area contributed by atoms with E-state index in [1.165, 1.54) is 0 Å². The summed E-state index contributed by atoms with van der Waals surface area (Å²) in [5, 5.41) is 11.2. The first-order valence-corrected chi connectivity index (χ1v) is 7.51. The van der Waals surface area contributed by atoms with Crippen molar-refractivity contribution in [2.45, 2.75) is 6.42 Å². The van der Waals surface area contributed by atoms with E-state index in [2.05, 4.69) is 10.0 Å². The Bertz CT molecular complexity index is 605. The highest BCUT2D eigenvalue weighted by Gasteiger charge is 2.17. The van der Waals surface area contributed by atoms with Crippen molar-refractivity contribution in [1.82, 2.24) is 4.72 Å². The van der Waals surface area contributed by atoms with Crippen molar-refractivity contribution in [1.29, 1.82) is 0 Å². The van der Waals surface area contributed by atoms with E-state index in [0.29, 0.717) is 6.42 Å². The second-order valence-electron chi connectivity index (χ2n) is 4.04. The van der Waals surface area contributed by atoms with Crippen molar-refractivity contribution in [3.8, 4) is 0 Å². The third kappa shape index (κ3) is 4.74. The van der Waals surface area contributed by atoms with E-state index < -0.39 is 33.2 Å². The maximum absolute atomic E-state index is 13.5. The number of anilines is 1. The molecular weight excluding hydrogens is 294 g/mol. The van der Waals surface area contributed by atoms with Crippen molar-refractivity contribution in [2.24, 2.45) is 0 Å². The average Bonchev–Trinajstić information content (AvgIpc) is 2.32. The van der Waals surface area contributed by atoms with E-state index in [4.69, 9.17) is 5.11 Å². The number of rotatable bonds is 7. The van der Waals surface area contributed by atoms with Crippen LogP contribution in [0, 0.1) is 11.6 Å². The highest BCUT2D eigenvalue weighted by atomic mass is 32.2. The van der Waals surface area contributed by atoms with E-state index >= 15 is 0 Å².